The van der Waals surface area contributed by atoms with Gasteiger partial charge in [-0.15, -0.1) is 6.42 Å². The Bertz CT molecular complexity index is 666. The first-order valence-corrected chi connectivity index (χ1v) is 9.91. The predicted molar refractivity (Wildman–Crippen MR) is 91.0 cm³/mol. The van der Waals surface area contributed by atoms with Crippen LogP contribution in [0.5, 0.6) is 5.75 Å². The van der Waals surface area contributed by atoms with E-state index in [-0.39, 0.29) is 12.0 Å². The number of sulfone groups is 1. The molecule has 2 aliphatic rings. The molecule has 1 spiro atoms. The molecule has 0 bridgehead atoms. The van der Waals surface area contributed by atoms with Crippen molar-refractivity contribution in [3.8, 4) is 18.1 Å². The Balaban J connectivity index is 1.42. The van der Waals surface area contributed by atoms with E-state index in [4.69, 9.17) is 11.2 Å². The lowest BCUT2D eigenvalue weighted by Gasteiger charge is -2.46. The first-order chi connectivity index (χ1) is 11.0. The first kappa shape index (κ1) is 16.4. The molecular formula is C18H23NO3S. The summed E-state index contributed by atoms with van der Waals surface area (Å²) in [5, 5.41) is 3.58. The second-order valence-electron chi connectivity index (χ2n) is 6.82. The highest BCUT2D eigenvalue weighted by atomic mass is 32.2. The molecule has 3 rings (SSSR count). The normalized spacial score (nSPS) is 22.2. The molecule has 0 aromatic heterocycles. The van der Waals surface area contributed by atoms with E-state index in [0.29, 0.717) is 17.5 Å². The van der Waals surface area contributed by atoms with Crippen LogP contribution in [0.1, 0.15) is 31.2 Å². The quantitative estimate of drug-likeness (QED) is 0.839. The van der Waals surface area contributed by atoms with Gasteiger partial charge < -0.3 is 10.1 Å². The van der Waals surface area contributed by atoms with Crippen LogP contribution in [-0.4, -0.2) is 32.6 Å². The van der Waals surface area contributed by atoms with E-state index in [1.54, 1.807) is 0 Å². The van der Waals surface area contributed by atoms with Crippen LogP contribution in [0, 0.1) is 17.8 Å². The third-order valence-corrected chi connectivity index (χ3v) is 7.04. The van der Waals surface area contributed by atoms with Gasteiger partial charge in [-0.05, 0) is 48.8 Å². The van der Waals surface area contributed by atoms with Crippen molar-refractivity contribution in [2.45, 2.75) is 38.3 Å². The molecule has 1 aliphatic carbocycles. The molecule has 0 atom stereocenters. The number of rotatable bonds is 5. The fraction of sp³-hybridized carbons (Fsp3) is 0.556. The molecule has 124 valence electrons. The van der Waals surface area contributed by atoms with Gasteiger partial charge in [-0.3, -0.25) is 0 Å². The number of nitrogens with one attached hydrogen (secondary N) is 1. The molecular weight excluding hydrogens is 310 g/mol. The van der Waals surface area contributed by atoms with Crippen LogP contribution in [0.15, 0.2) is 24.3 Å². The number of benzene rings is 1. The highest BCUT2D eigenvalue weighted by molar-refractivity contribution is 7.92. The SMILES string of the molecule is C#CCOc1ccc(CNC2CCC3(CC2)CS(=O)(=O)C3)cc1. The summed E-state index contributed by atoms with van der Waals surface area (Å²) in [5.41, 5.74) is 1.32. The highest BCUT2D eigenvalue weighted by Crippen LogP contribution is 2.45. The number of hydrogen-bond acceptors (Lipinski definition) is 4. The molecule has 1 saturated carbocycles. The molecule has 5 heteroatoms. The predicted octanol–water partition coefficient (Wildman–Crippen LogP) is 2.15. The Morgan fingerprint density at radius 1 is 1.22 bits per heavy atom. The summed E-state index contributed by atoms with van der Waals surface area (Å²) in [7, 11) is -2.72. The van der Waals surface area contributed by atoms with E-state index < -0.39 is 9.84 Å². The zero-order valence-corrected chi connectivity index (χ0v) is 14.1. The van der Waals surface area contributed by atoms with Crippen LogP contribution >= 0.6 is 0 Å². The van der Waals surface area contributed by atoms with Crippen molar-refractivity contribution < 1.29 is 13.2 Å². The van der Waals surface area contributed by atoms with Crippen molar-refractivity contribution in [3.05, 3.63) is 29.8 Å². The van der Waals surface area contributed by atoms with Crippen molar-refractivity contribution in [3.63, 3.8) is 0 Å². The fourth-order valence-corrected chi connectivity index (χ4v) is 6.06. The van der Waals surface area contributed by atoms with Gasteiger partial charge in [-0.1, -0.05) is 18.1 Å². The Morgan fingerprint density at radius 3 is 2.43 bits per heavy atom. The topological polar surface area (TPSA) is 55.4 Å². The second-order valence-corrected chi connectivity index (χ2v) is 8.89. The average Bonchev–Trinajstić information content (AvgIpc) is 2.51. The van der Waals surface area contributed by atoms with Crippen molar-refractivity contribution in [1.82, 2.24) is 5.32 Å². The molecule has 23 heavy (non-hydrogen) atoms. The molecule has 4 nitrogen and oxygen atoms in total. The minimum Gasteiger partial charge on any atom is -0.481 e. The summed E-state index contributed by atoms with van der Waals surface area (Å²) >= 11 is 0. The fourth-order valence-electron chi connectivity index (χ4n) is 3.70. The monoisotopic (exact) mass is 333 g/mol. The van der Waals surface area contributed by atoms with Crippen molar-refractivity contribution >= 4 is 9.84 Å². The molecule has 0 unspecified atom stereocenters. The van der Waals surface area contributed by atoms with Crippen molar-refractivity contribution in [1.29, 1.82) is 0 Å². The zero-order valence-electron chi connectivity index (χ0n) is 13.3. The van der Waals surface area contributed by atoms with E-state index in [0.717, 1.165) is 38.0 Å². The van der Waals surface area contributed by atoms with Crippen LogP contribution in [-0.2, 0) is 16.4 Å². The maximum absolute atomic E-state index is 11.4. The van der Waals surface area contributed by atoms with Gasteiger partial charge in [0.15, 0.2) is 9.84 Å². The summed E-state index contributed by atoms with van der Waals surface area (Å²) in [6, 6.07) is 8.44. The molecule has 1 aromatic rings. The lowest BCUT2D eigenvalue weighted by atomic mass is 9.74. The standard InChI is InChI=1S/C18H23NO3S/c1-2-11-22-17-5-3-15(4-6-17)12-19-16-7-9-18(10-8-16)13-23(20,21)14-18/h1,3-6,16,19H,7-14H2. The summed E-state index contributed by atoms with van der Waals surface area (Å²) in [6.45, 7) is 1.11. The van der Waals surface area contributed by atoms with E-state index in [9.17, 15) is 8.42 Å². The lowest BCUT2D eigenvalue weighted by Crippen LogP contribution is -2.52. The molecule has 1 N–H and O–H groups in total. The third kappa shape index (κ3) is 4.07. The maximum Gasteiger partial charge on any atom is 0.151 e. The molecule has 1 aromatic carbocycles. The maximum atomic E-state index is 11.4. The lowest BCUT2D eigenvalue weighted by molar-refractivity contribution is 0.193. The van der Waals surface area contributed by atoms with Crippen LogP contribution in [0.25, 0.3) is 0 Å². The van der Waals surface area contributed by atoms with Crippen LogP contribution in [0.3, 0.4) is 0 Å². The molecule has 2 fully saturated rings. The van der Waals surface area contributed by atoms with Crippen molar-refractivity contribution in [2.75, 3.05) is 18.1 Å². The Hall–Kier alpha value is -1.51. The van der Waals surface area contributed by atoms with Crippen molar-refractivity contribution in [2.24, 2.45) is 5.41 Å². The van der Waals surface area contributed by atoms with Crippen LogP contribution in [0.4, 0.5) is 0 Å². The zero-order chi connectivity index (χ0) is 16.3. The van der Waals surface area contributed by atoms with Gasteiger partial charge in [-0.25, -0.2) is 8.42 Å². The minimum absolute atomic E-state index is 0.104. The van der Waals surface area contributed by atoms with Crippen LogP contribution < -0.4 is 10.1 Å². The largest absolute Gasteiger partial charge is 0.481 e. The summed E-state index contributed by atoms with van der Waals surface area (Å²) in [5.74, 6) is 4.05. The Kier molecular flexibility index (Phi) is 4.65. The Labute approximate surface area is 138 Å². The van der Waals surface area contributed by atoms with Gasteiger partial charge >= 0.3 is 0 Å². The minimum atomic E-state index is -2.72. The molecule has 1 aliphatic heterocycles. The van der Waals surface area contributed by atoms with Gasteiger partial charge in [-0.2, -0.15) is 0 Å². The molecule has 0 radical (unpaired) electrons. The molecule has 1 saturated heterocycles. The van der Waals surface area contributed by atoms with E-state index >= 15 is 0 Å². The van der Waals surface area contributed by atoms with Crippen LogP contribution in [0.2, 0.25) is 0 Å². The molecule has 0 amide bonds. The smallest absolute Gasteiger partial charge is 0.151 e. The average molecular weight is 333 g/mol. The first-order valence-electron chi connectivity index (χ1n) is 8.09. The van der Waals surface area contributed by atoms with E-state index in [2.05, 4.69) is 11.2 Å². The van der Waals surface area contributed by atoms with Gasteiger partial charge in [0.2, 0.25) is 0 Å². The number of ether oxygens (including phenoxy) is 1. The summed E-state index contributed by atoms with van der Waals surface area (Å²) < 4.78 is 28.2. The summed E-state index contributed by atoms with van der Waals surface area (Å²) in [4.78, 5) is 0. The number of terminal acetylenes is 1. The third-order valence-electron chi connectivity index (χ3n) is 4.94. The number of hydrogen-bond donors (Lipinski definition) is 1. The highest BCUT2D eigenvalue weighted by Gasteiger charge is 2.49. The van der Waals surface area contributed by atoms with Gasteiger partial charge in [0.05, 0.1) is 11.5 Å². The van der Waals surface area contributed by atoms with Gasteiger partial charge in [0.25, 0.3) is 0 Å². The van der Waals surface area contributed by atoms with Gasteiger partial charge in [0, 0.05) is 12.6 Å². The Morgan fingerprint density at radius 2 is 1.87 bits per heavy atom. The molecule has 1 heterocycles. The summed E-state index contributed by atoms with van der Waals surface area (Å²) in [6.07, 6.45) is 9.36. The van der Waals surface area contributed by atoms with E-state index in [1.165, 1.54) is 5.56 Å². The van der Waals surface area contributed by atoms with E-state index in [1.807, 2.05) is 24.3 Å². The van der Waals surface area contributed by atoms with Gasteiger partial charge in [0.1, 0.15) is 12.4 Å². The second kappa shape index (κ2) is 6.54.